The Bertz CT molecular complexity index is 1240. The van der Waals surface area contributed by atoms with Gasteiger partial charge in [0, 0.05) is 12.0 Å². The second-order valence-electron chi connectivity index (χ2n) is 9.80. The minimum atomic E-state index is -0.691. The summed E-state index contributed by atoms with van der Waals surface area (Å²) in [5.74, 6) is 2.00. The molecule has 3 aromatic rings. The largest absolute Gasteiger partial charge is 0.484 e. The molecule has 2 atom stereocenters. The van der Waals surface area contributed by atoms with Crippen LogP contribution < -0.4 is 19.5 Å². The first-order valence-corrected chi connectivity index (χ1v) is 12.5. The van der Waals surface area contributed by atoms with Gasteiger partial charge in [-0.1, -0.05) is 48.5 Å². The van der Waals surface area contributed by atoms with Gasteiger partial charge >= 0.3 is 0 Å². The van der Waals surface area contributed by atoms with Crippen LogP contribution in [0.5, 0.6) is 17.2 Å². The number of nitrogens with zero attached hydrogens (tertiary/aromatic N) is 1. The van der Waals surface area contributed by atoms with Gasteiger partial charge < -0.3 is 24.6 Å². The van der Waals surface area contributed by atoms with Gasteiger partial charge in [0.05, 0.1) is 12.1 Å². The fourth-order valence-electron chi connectivity index (χ4n) is 5.88. The summed E-state index contributed by atoms with van der Waals surface area (Å²) in [4.78, 5) is 15.2. The predicted molar refractivity (Wildman–Crippen MR) is 134 cm³/mol. The zero-order chi connectivity index (χ0) is 24.5. The molecule has 3 aromatic carbocycles. The second-order valence-corrected chi connectivity index (χ2v) is 9.80. The lowest BCUT2D eigenvalue weighted by Gasteiger charge is -2.43. The summed E-state index contributed by atoms with van der Waals surface area (Å²) in [6.07, 6.45) is 0.953. The van der Waals surface area contributed by atoms with Gasteiger partial charge in [0.25, 0.3) is 5.91 Å². The first-order chi connectivity index (χ1) is 17.6. The molecule has 7 nitrogen and oxygen atoms in total. The van der Waals surface area contributed by atoms with E-state index >= 15 is 0 Å². The minimum Gasteiger partial charge on any atom is -0.484 e. The van der Waals surface area contributed by atoms with E-state index in [2.05, 4.69) is 28.4 Å². The van der Waals surface area contributed by atoms with E-state index in [9.17, 15) is 9.90 Å². The molecule has 1 amide bonds. The number of hydrogen-bond donors (Lipinski definition) is 2. The molecule has 0 saturated carbocycles. The lowest BCUT2D eigenvalue weighted by atomic mass is 9.72. The third-order valence-corrected chi connectivity index (χ3v) is 7.74. The molecule has 3 aliphatic rings. The van der Waals surface area contributed by atoms with Crippen molar-refractivity contribution in [3.63, 3.8) is 0 Å². The lowest BCUT2D eigenvalue weighted by molar-refractivity contribution is -0.125. The fraction of sp³-hybridized carbons (Fsp3) is 0.345. The van der Waals surface area contributed by atoms with Crippen LogP contribution in [0.2, 0.25) is 0 Å². The van der Waals surface area contributed by atoms with Crippen molar-refractivity contribution in [3.05, 3.63) is 89.5 Å². The van der Waals surface area contributed by atoms with E-state index in [0.717, 1.165) is 55.1 Å². The molecule has 2 heterocycles. The molecule has 1 spiro atoms. The van der Waals surface area contributed by atoms with Crippen LogP contribution in [0, 0.1) is 0 Å². The van der Waals surface area contributed by atoms with Crippen LogP contribution in [0.1, 0.15) is 35.6 Å². The molecule has 6 rings (SSSR count). The Labute approximate surface area is 210 Å². The summed E-state index contributed by atoms with van der Waals surface area (Å²) in [5, 5.41) is 14.6. The van der Waals surface area contributed by atoms with Crippen molar-refractivity contribution in [3.8, 4) is 17.2 Å². The van der Waals surface area contributed by atoms with Crippen molar-refractivity contribution in [1.82, 2.24) is 10.2 Å². The maximum absolute atomic E-state index is 12.8. The molecule has 0 bridgehead atoms. The number of piperidine rings is 1. The number of ether oxygens (including phenoxy) is 3. The Balaban J connectivity index is 1.13. The van der Waals surface area contributed by atoms with Crippen molar-refractivity contribution in [2.45, 2.75) is 36.9 Å². The maximum atomic E-state index is 12.8. The zero-order valence-corrected chi connectivity index (χ0v) is 20.1. The Morgan fingerprint density at radius 2 is 1.75 bits per heavy atom. The Kier molecular flexibility index (Phi) is 6.03. The van der Waals surface area contributed by atoms with Gasteiger partial charge in [-0.05, 0) is 66.9 Å². The molecule has 2 aliphatic heterocycles. The van der Waals surface area contributed by atoms with Crippen molar-refractivity contribution in [2.24, 2.45) is 0 Å². The van der Waals surface area contributed by atoms with E-state index in [-0.39, 0.29) is 24.7 Å². The average Bonchev–Trinajstić information content (AvgIpc) is 3.47. The molecular weight excluding hydrogens is 456 g/mol. The minimum absolute atomic E-state index is 0.0916. The first-order valence-electron chi connectivity index (χ1n) is 12.5. The van der Waals surface area contributed by atoms with Gasteiger partial charge in [-0.25, -0.2) is 0 Å². The molecule has 1 aliphatic carbocycles. The van der Waals surface area contributed by atoms with Crippen LogP contribution in [-0.4, -0.2) is 48.5 Å². The molecule has 0 unspecified atom stereocenters. The molecule has 2 N–H and O–H groups in total. The van der Waals surface area contributed by atoms with Crippen LogP contribution >= 0.6 is 0 Å². The molecule has 0 radical (unpaired) electrons. The maximum Gasteiger partial charge on any atom is 0.258 e. The summed E-state index contributed by atoms with van der Waals surface area (Å²) in [6, 6.07) is 23.1. The molecule has 1 saturated heterocycles. The number of amides is 1. The summed E-state index contributed by atoms with van der Waals surface area (Å²) < 4.78 is 16.6. The van der Waals surface area contributed by atoms with Gasteiger partial charge in [0.15, 0.2) is 18.1 Å². The number of aliphatic hydroxyl groups is 1. The third-order valence-electron chi connectivity index (χ3n) is 7.74. The molecule has 0 aromatic heterocycles. The SMILES string of the molecule is O=C(COc1ccccc1)N[C@H]1c2ccccc2C2(CCN(Cc3ccc4c(c3)OCO4)CC2)[C@@H]1O. The van der Waals surface area contributed by atoms with Crippen LogP contribution in [0.15, 0.2) is 72.8 Å². The van der Waals surface area contributed by atoms with Gasteiger partial charge in [-0.15, -0.1) is 0 Å². The number of fused-ring (bicyclic) bond motifs is 3. The number of para-hydroxylation sites is 1. The molecule has 1 fully saturated rings. The van der Waals surface area contributed by atoms with E-state index in [4.69, 9.17) is 14.2 Å². The summed E-state index contributed by atoms with van der Waals surface area (Å²) in [6.45, 7) is 2.72. The quantitative estimate of drug-likeness (QED) is 0.555. The molecule has 7 heteroatoms. The third kappa shape index (κ3) is 4.18. The van der Waals surface area contributed by atoms with Crippen molar-refractivity contribution in [2.75, 3.05) is 26.5 Å². The van der Waals surface area contributed by atoms with Crippen LogP contribution in [0.3, 0.4) is 0 Å². The molecule has 36 heavy (non-hydrogen) atoms. The number of carbonyl (C=O) groups is 1. The Morgan fingerprint density at radius 3 is 2.58 bits per heavy atom. The Morgan fingerprint density at radius 1 is 1.00 bits per heavy atom. The van der Waals surface area contributed by atoms with Gasteiger partial charge in [-0.2, -0.15) is 0 Å². The number of aliphatic hydroxyl groups excluding tert-OH is 1. The van der Waals surface area contributed by atoms with Gasteiger partial charge in [-0.3, -0.25) is 9.69 Å². The van der Waals surface area contributed by atoms with Crippen molar-refractivity contribution in [1.29, 1.82) is 0 Å². The zero-order valence-electron chi connectivity index (χ0n) is 20.1. The Hall–Kier alpha value is -3.55. The highest BCUT2D eigenvalue weighted by Crippen LogP contribution is 2.51. The smallest absolute Gasteiger partial charge is 0.258 e. The number of nitrogens with one attached hydrogen (secondary N) is 1. The van der Waals surface area contributed by atoms with E-state index in [1.165, 1.54) is 5.56 Å². The number of rotatable bonds is 6. The number of benzene rings is 3. The predicted octanol–water partition coefficient (Wildman–Crippen LogP) is 3.56. The van der Waals surface area contributed by atoms with E-state index in [0.29, 0.717) is 5.75 Å². The average molecular weight is 487 g/mol. The van der Waals surface area contributed by atoms with E-state index in [1.807, 2.05) is 54.6 Å². The molecular formula is C29H30N2O5. The highest BCUT2D eigenvalue weighted by Gasteiger charge is 2.52. The summed E-state index contributed by atoms with van der Waals surface area (Å²) >= 11 is 0. The summed E-state index contributed by atoms with van der Waals surface area (Å²) in [7, 11) is 0. The van der Waals surface area contributed by atoms with Gasteiger partial charge in [0.1, 0.15) is 5.75 Å². The number of carbonyl (C=O) groups excluding carboxylic acids is 1. The van der Waals surface area contributed by atoms with Crippen molar-refractivity contribution >= 4 is 5.91 Å². The van der Waals surface area contributed by atoms with Crippen LogP contribution in [-0.2, 0) is 16.8 Å². The second kappa shape index (κ2) is 9.48. The van der Waals surface area contributed by atoms with Crippen LogP contribution in [0.4, 0.5) is 0 Å². The van der Waals surface area contributed by atoms with E-state index < -0.39 is 12.1 Å². The normalized spacial score (nSPS) is 21.8. The van der Waals surface area contributed by atoms with Crippen LogP contribution in [0.25, 0.3) is 0 Å². The number of likely N-dealkylation sites (tertiary alicyclic amines) is 1. The molecule has 186 valence electrons. The highest BCUT2D eigenvalue weighted by atomic mass is 16.7. The standard InChI is InChI=1S/C29H30N2O5/c32-26(18-34-21-6-2-1-3-7-21)30-27-22-8-4-5-9-23(22)29(28(27)33)12-14-31(15-13-29)17-20-10-11-24-25(16-20)36-19-35-24/h1-11,16,27-28,33H,12-15,17-19H2,(H,30,32)/t27-,28+/m0/s1. The number of hydrogen-bond acceptors (Lipinski definition) is 6. The fourth-order valence-corrected chi connectivity index (χ4v) is 5.88. The topological polar surface area (TPSA) is 80.3 Å². The lowest BCUT2D eigenvalue weighted by Crippen LogP contribution is -2.49. The summed E-state index contributed by atoms with van der Waals surface area (Å²) in [5.41, 5.74) is 2.96. The van der Waals surface area contributed by atoms with Gasteiger partial charge in [0.2, 0.25) is 6.79 Å². The monoisotopic (exact) mass is 486 g/mol. The van der Waals surface area contributed by atoms with Crippen molar-refractivity contribution < 1.29 is 24.1 Å². The highest BCUT2D eigenvalue weighted by molar-refractivity contribution is 5.78. The van der Waals surface area contributed by atoms with E-state index in [1.54, 1.807) is 0 Å². The first kappa shape index (κ1) is 22.9.